The minimum absolute atomic E-state index is 0.0812. The van der Waals surface area contributed by atoms with Gasteiger partial charge in [0, 0.05) is 31.3 Å². The molecule has 0 spiro atoms. The summed E-state index contributed by atoms with van der Waals surface area (Å²) in [5, 5.41) is 0. The van der Waals surface area contributed by atoms with Crippen molar-refractivity contribution in [3.63, 3.8) is 0 Å². The summed E-state index contributed by atoms with van der Waals surface area (Å²) in [6.07, 6.45) is 7.20. The van der Waals surface area contributed by atoms with Gasteiger partial charge in [0.05, 0.1) is 37.8 Å². The summed E-state index contributed by atoms with van der Waals surface area (Å²) < 4.78 is 17.8. The Morgan fingerprint density at radius 3 is 3.12 bits per heavy atom. The Balaban J connectivity index is 1.40. The number of ether oxygens (including phenoxy) is 2. The van der Waals surface area contributed by atoms with Gasteiger partial charge in [0.25, 0.3) is 0 Å². The Morgan fingerprint density at radius 2 is 2.28 bits per heavy atom. The smallest absolute Gasteiger partial charge is 0.117 e. The normalized spacial score (nSPS) is 27.1. The summed E-state index contributed by atoms with van der Waals surface area (Å²) in [4.78, 5) is 6.83. The van der Waals surface area contributed by atoms with Crippen molar-refractivity contribution in [3.05, 3.63) is 54.2 Å². The molecule has 2 atom stereocenters. The number of rotatable bonds is 6. The van der Waals surface area contributed by atoms with Gasteiger partial charge < -0.3 is 13.9 Å². The van der Waals surface area contributed by atoms with Crippen LogP contribution in [0, 0.1) is 5.41 Å². The fourth-order valence-corrected chi connectivity index (χ4v) is 4.19. The zero-order valence-corrected chi connectivity index (χ0v) is 14.6. The Labute approximate surface area is 148 Å². The molecule has 2 aliphatic heterocycles. The molecule has 5 heteroatoms. The molecule has 5 nitrogen and oxygen atoms in total. The lowest BCUT2D eigenvalue weighted by atomic mass is 9.73. The molecule has 2 saturated heterocycles. The second kappa shape index (κ2) is 7.68. The molecule has 2 aromatic rings. The molecule has 0 radical (unpaired) electrons. The third kappa shape index (κ3) is 3.94. The number of furan rings is 1. The molecule has 2 aliphatic rings. The Kier molecular flexibility index (Phi) is 5.15. The number of pyridine rings is 1. The number of aromatic nitrogens is 1. The van der Waals surface area contributed by atoms with Crippen molar-refractivity contribution in [3.8, 4) is 0 Å². The van der Waals surface area contributed by atoms with Gasteiger partial charge in [-0.2, -0.15) is 0 Å². The zero-order valence-electron chi connectivity index (χ0n) is 14.6. The van der Waals surface area contributed by atoms with E-state index in [9.17, 15) is 0 Å². The Hall–Kier alpha value is -1.69. The largest absolute Gasteiger partial charge is 0.468 e. The van der Waals surface area contributed by atoms with E-state index in [1.807, 2.05) is 36.5 Å². The van der Waals surface area contributed by atoms with Crippen LogP contribution < -0.4 is 0 Å². The topological polar surface area (TPSA) is 47.7 Å². The highest BCUT2D eigenvalue weighted by atomic mass is 16.5. The van der Waals surface area contributed by atoms with E-state index < -0.39 is 0 Å². The summed E-state index contributed by atoms with van der Waals surface area (Å²) >= 11 is 0. The summed E-state index contributed by atoms with van der Waals surface area (Å²) in [6.45, 7) is 5.08. The van der Waals surface area contributed by atoms with Crippen molar-refractivity contribution in [2.45, 2.75) is 38.5 Å². The number of likely N-dealkylation sites (tertiary alicyclic amines) is 1. The quantitative estimate of drug-likeness (QED) is 0.806. The SMILES string of the molecule is c1ccc(COCC23CCCOC2CCN(Cc2ccco2)C3)nc1. The monoisotopic (exact) mass is 342 g/mol. The van der Waals surface area contributed by atoms with Crippen molar-refractivity contribution >= 4 is 0 Å². The minimum Gasteiger partial charge on any atom is -0.468 e. The van der Waals surface area contributed by atoms with Gasteiger partial charge >= 0.3 is 0 Å². The van der Waals surface area contributed by atoms with Crippen LogP contribution >= 0.6 is 0 Å². The first-order valence-corrected chi connectivity index (χ1v) is 9.18. The van der Waals surface area contributed by atoms with Crippen LogP contribution in [0.5, 0.6) is 0 Å². The van der Waals surface area contributed by atoms with E-state index >= 15 is 0 Å². The third-order valence-electron chi connectivity index (χ3n) is 5.39. The molecule has 0 aliphatic carbocycles. The van der Waals surface area contributed by atoms with Gasteiger partial charge in [-0.25, -0.2) is 0 Å². The summed E-state index contributed by atoms with van der Waals surface area (Å²) in [7, 11) is 0. The number of hydrogen-bond donors (Lipinski definition) is 0. The van der Waals surface area contributed by atoms with E-state index in [0.29, 0.717) is 12.7 Å². The highest BCUT2D eigenvalue weighted by Crippen LogP contribution is 2.41. The number of nitrogens with zero attached hydrogens (tertiary/aromatic N) is 2. The minimum atomic E-state index is 0.0812. The van der Waals surface area contributed by atoms with Gasteiger partial charge in [0.1, 0.15) is 5.76 Å². The molecule has 0 saturated carbocycles. The van der Waals surface area contributed by atoms with Crippen LogP contribution in [-0.4, -0.2) is 42.3 Å². The first-order valence-electron chi connectivity index (χ1n) is 9.18. The summed E-state index contributed by atoms with van der Waals surface area (Å²) in [5.41, 5.74) is 1.06. The van der Waals surface area contributed by atoms with Crippen LogP contribution in [0.15, 0.2) is 47.2 Å². The van der Waals surface area contributed by atoms with Gasteiger partial charge in [-0.1, -0.05) is 6.07 Å². The van der Waals surface area contributed by atoms with Crippen LogP contribution in [0.2, 0.25) is 0 Å². The molecule has 0 bridgehead atoms. The molecule has 134 valence electrons. The van der Waals surface area contributed by atoms with Gasteiger partial charge in [0.2, 0.25) is 0 Å². The maximum absolute atomic E-state index is 6.13. The number of fused-ring (bicyclic) bond motifs is 1. The van der Waals surface area contributed by atoms with Gasteiger partial charge in [0.15, 0.2) is 0 Å². The lowest BCUT2D eigenvalue weighted by Crippen LogP contribution is -2.56. The molecular weight excluding hydrogens is 316 g/mol. The average molecular weight is 342 g/mol. The van der Waals surface area contributed by atoms with Crippen LogP contribution in [0.4, 0.5) is 0 Å². The molecule has 0 amide bonds. The predicted octanol–water partition coefficient (Wildman–Crippen LogP) is 3.26. The van der Waals surface area contributed by atoms with Crippen LogP contribution in [-0.2, 0) is 22.6 Å². The lowest BCUT2D eigenvalue weighted by molar-refractivity contribution is -0.156. The predicted molar refractivity (Wildman–Crippen MR) is 93.9 cm³/mol. The molecule has 2 unspecified atom stereocenters. The molecule has 2 fully saturated rings. The highest BCUT2D eigenvalue weighted by molar-refractivity contribution is 5.03. The second-order valence-corrected chi connectivity index (χ2v) is 7.22. The lowest BCUT2D eigenvalue weighted by Gasteiger charge is -2.50. The maximum Gasteiger partial charge on any atom is 0.117 e. The van der Waals surface area contributed by atoms with E-state index in [-0.39, 0.29) is 5.41 Å². The van der Waals surface area contributed by atoms with Crippen LogP contribution in [0.25, 0.3) is 0 Å². The Morgan fingerprint density at radius 1 is 1.28 bits per heavy atom. The second-order valence-electron chi connectivity index (χ2n) is 7.22. The van der Waals surface area contributed by atoms with Crippen molar-refractivity contribution in [1.82, 2.24) is 9.88 Å². The molecule has 25 heavy (non-hydrogen) atoms. The number of hydrogen-bond acceptors (Lipinski definition) is 5. The standard InChI is InChI=1S/C20H26N2O3/c1-2-9-21-17(5-1)14-23-16-20-8-4-12-25-19(20)7-10-22(15-20)13-18-6-3-11-24-18/h1-3,5-6,9,11,19H,4,7-8,10,12-16H2. The molecule has 4 rings (SSSR count). The van der Waals surface area contributed by atoms with Crippen molar-refractivity contribution in [1.29, 1.82) is 0 Å². The Bertz CT molecular complexity index is 646. The molecule has 2 aromatic heterocycles. The highest BCUT2D eigenvalue weighted by Gasteiger charge is 2.46. The molecule has 4 heterocycles. The van der Waals surface area contributed by atoms with E-state index in [1.54, 1.807) is 6.26 Å². The fraction of sp³-hybridized carbons (Fsp3) is 0.550. The maximum atomic E-state index is 6.13. The average Bonchev–Trinajstić information content (AvgIpc) is 3.15. The molecular formula is C20H26N2O3. The van der Waals surface area contributed by atoms with Gasteiger partial charge in [-0.15, -0.1) is 0 Å². The summed E-state index contributed by atoms with van der Waals surface area (Å²) in [6, 6.07) is 9.95. The number of piperidine rings is 1. The van der Waals surface area contributed by atoms with E-state index in [4.69, 9.17) is 13.9 Å². The van der Waals surface area contributed by atoms with Gasteiger partial charge in [-0.3, -0.25) is 9.88 Å². The fourth-order valence-electron chi connectivity index (χ4n) is 4.19. The van der Waals surface area contributed by atoms with E-state index in [2.05, 4.69) is 9.88 Å². The van der Waals surface area contributed by atoms with Crippen molar-refractivity contribution in [2.24, 2.45) is 5.41 Å². The van der Waals surface area contributed by atoms with E-state index in [0.717, 1.165) is 63.6 Å². The first-order chi connectivity index (χ1) is 12.3. The zero-order chi connectivity index (χ0) is 17.0. The van der Waals surface area contributed by atoms with Crippen molar-refractivity contribution in [2.75, 3.05) is 26.3 Å². The molecule has 0 N–H and O–H groups in total. The molecule has 0 aromatic carbocycles. The van der Waals surface area contributed by atoms with Gasteiger partial charge in [-0.05, 0) is 43.5 Å². The van der Waals surface area contributed by atoms with Crippen LogP contribution in [0.3, 0.4) is 0 Å². The van der Waals surface area contributed by atoms with Crippen molar-refractivity contribution < 1.29 is 13.9 Å². The first kappa shape index (κ1) is 16.8. The third-order valence-corrected chi connectivity index (χ3v) is 5.39. The van der Waals surface area contributed by atoms with E-state index in [1.165, 1.54) is 0 Å². The van der Waals surface area contributed by atoms with Crippen LogP contribution in [0.1, 0.15) is 30.7 Å². The summed E-state index contributed by atoms with van der Waals surface area (Å²) in [5.74, 6) is 1.03.